The molecule has 2 aromatic rings. The Labute approximate surface area is 125 Å². The predicted octanol–water partition coefficient (Wildman–Crippen LogP) is 3.29. The highest BCUT2D eigenvalue weighted by Gasteiger charge is 2.09. The Morgan fingerprint density at radius 1 is 1.19 bits per heavy atom. The number of nitrogens with zero attached hydrogens (tertiary/aromatic N) is 3. The van der Waals surface area contributed by atoms with Crippen LogP contribution in [0.3, 0.4) is 0 Å². The Bertz CT molecular complexity index is 660. The summed E-state index contributed by atoms with van der Waals surface area (Å²) < 4.78 is 12.5. The Morgan fingerprint density at radius 2 is 1.90 bits per heavy atom. The van der Waals surface area contributed by atoms with Gasteiger partial charge in [0.25, 0.3) is 0 Å². The molecule has 0 aliphatic heterocycles. The second kappa shape index (κ2) is 6.43. The van der Waals surface area contributed by atoms with Gasteiger partial charge in [-0.25, -0.2) is 0 Å². The summed E-state index contributed by atoms with van der Waals surface area (Å²) in [6, 6.07) is 5.71. The maximum absolute atomic E-state index is 5.29. The summed E-state index contributed by atoms with van der Waals surface area (Å²) in [5.74, 6) is 1.40. The van der Waals surface area contributed by atoms with Crippen molar-refractivity contribution in [1.29, 1.82) is 0 Å². The minimum atomic E-state index is 0.694. The molecule has 0 saturated carbocycles. The molecule has 0 fully saturated rings. The summed E-state index contributed by atoms with van der Waals surface area (Å²) in [5.41, 5.74) is 3.89. The Kier molecular flexibility index (Phi) is 4.62. The smallest absolute Gasteiger partial charge is 0.161 e. The van der Waals surface area contributed by atoms with Gasteiger partial charge in [0.2, 0.25) is 0 Å². The van der Waals surface area contributed by atoms with E-state index >= 15 is 0 Å². The van der Waals surface area contributed by atoms with E-state index in [1.165, 1.54) is 0 Å². The van der Waals surface area contributed by atoms with Crippen LogP contribution in [0.4, 0.5) is 5.69 Å². The third-order valence-corrected chi connectivity index (χ3v) is 3.39. The fourth-order valence-corrected chi connectivity index (χ4v) is 2.25. The fraction of sp³-hybridized carbons (Fsp3) is 0.375. The van der Waals surface area contributed by atoms with E-state index in [4.69, 9.17) is 9.47 Å². The summed E-state index contributed by atoms with van der Waals surface area (Å²) in [5, 5.41) is 4.46. The second-order valence-electron chi connectivity index (χ2n) is 4.71. The maximum Gasteiger partial charge on any atom is 0.161 e. The zero-order valence-electron chi connectivity index (χ0n) is 13.2. The van der Waals surface area contributed by atoms with Crippen LogP contribution < -0.4 is 9.47 Å². The first-order chi connectivity index (χ1) is 10.1. The quantitative estimate of drug-likeness (QED) is 0.793. The molecule has 1 aromatic heterocycles. The number of benzene rings is 1. The van der Waals surface area contributed by atoms with E-state index in [1.54, 1.807) is 14.2 Å². The van der Waals surface area contributed by atoms with Gasteiger partial charge in [0.15, 0.2) is 11.5 Å². The van der Waals surface area contributed by atoms with E-state index < -0.39 is 0 Å². The molecule has 1 aromatic carbocycles. The molecule has 0 radical (unpaired) electrons. The van der Waals surface area contributed by atoms with Gasteiger partial charge < -0.3 is 9.47 Å². The van der Waals surface area contributed by atoms with Gasteiger partial charge in [-0.3, -0.25) is 9.67 Å². The molecule has 0 amide bonds. The van der Waals surface area contributed by atoms with Crippen LogP contribution >= 0.6 is 0 Å². The van der Waals surface area contributed by atoms with Crippen molar-refractivity contribution in [3.63, 3.8) is 0 Å². The normalized spacial score (nSPS) is 11.1. The lowest BCUT2D eigenvalue weighted by Gasteiger charge is -2.07. The van der Waals surface area contributed by atoms with Crippen LogP contribution in [0, 0.1) is 13.8 Å². The predicted molar refractivity (Wildman–Crippen MR) is 84.2 cm³/mol. The number of rotatable bonds is 5. The summed E-state index contributed by atoms with van der Waals surface area (Å²) in [6.07, 6.45) is 1.82. The highest BCUT2D eigenvalue weighted by molar-refractivity contribution is 5.83. The fourth-order valence-electron chi connectivity index (χ4n) is 2.25. The maximum atomic E-state index is 5.29. The molecule has 0 aliphatic carbocycles. The first-order valence-corrected chi connectivity index (χ1v) is 6.90. The molecule has 21 heavy (non-hydrogen) atoms. The molecule has 1 heterocycles. The summed E-state index contributed by atoms with van der Waals surface area (Å²) >= 11 is 0. The molecule has 0 bridgehead atoms. The summed E-state index contributed by atoms with van der Waals surface area (Å²) in [7, 11) is 3.25. The highest BCUT2D eigenvalue weighted by atomic mass is 16.5. The Hall–Kier alpha value is -2.30. The SMILES string of the molecule is CCn1nc(C)c(N=Cc2ccc(OC)c(OC)c2)c1C. The van der Waals surface area contributed by atoms with Gasteiger partial charge >= 0.3 is 0 Å². The monoisotopic (exact) mass is 287 g/mol. The van der Waals surface area contributed by atoms with Crippen molar-refractivity contribution in [2.45, 2.75) is 27.3 Å². The number of hydrogen-bond acceptors (Lipinski definition) is 4. The minimum absolute atomic E-state index is 0.694. The van der Waals surface area contributed by atoms with Crippen molar-refractivity contribution in [3.8, 4) is 11.5 Å². The van der Waals surface area contributed by atoms with Crippen molar-refractivity contribution in [2.75, 3.05) is 14.2 Å². The molecule has 0 aliphatic rings. The van der Waals surface area contributed by atoms with Crippen molar-refractivity contribution in [1.82, 2.24) is 9.78 Å². The van der Waals surface area contributed by atoms with Crippen molar-refractivity contribution in [2.24, 2.45) is 4.99 Å². The number of aryl methyl sites for hydroxylation is 2. The van der Waals surface area contributed by atoms with Crippen LogP contribution in [0.15, 0.2) is 23.2 Å². The average molecular weight is 287 g/mol. The number of hydrogen-bond donors (Lipinski definition) is 0. The standard InChI is InChI=1S/C16H21N3O2/c1-6-19-12(3)16(11(2)18-19)17-10-13-7-8-14(20-4)15(9-13)21-5/h7-10H,6H2,1-5H3. The summed E-state index contributed by atoms with van der Waals surface area (Å²) in [6.45, 7) is 6.92. The molecule has 5 heteroatoms. The van der Waals surface area contributed by atoms with Gasteiger partial charge in [-0.1, -0.05) is 0 Å². The van der Waals surface area contributed by atoms with Crippen LogP contribution in [0.1, 0.15) is 23.9 Å². The van der Waals surface area contributed by atoms with Gasteiger partial charge in [-0.05, 0) is 44.5 Å². The largest absolute Gasteiger partial charge is 0.493 e. The van der Waals surface area contributed by atoms with E-state index in [9.17, 15) is 0 Å². The van der Waals surface area contributed by atoms with Crippen LogP contribution in [-0.4, -0.2) is 30.2 Å². The van der Waals surface area contributed by atoms with Gasteiger partial charge in [-0.15, -0.1) is 0 Å². The van der Waals surface area contributed by atoms with Crippen LogP contribution in [0.25, 0.3) is 0 Å². The van der Waals surface area contributed by atoms with E-state index in [-0.39, 0.29) is 0 Å². The lowest BCUT2D eigenvalue weighted by atomic mass is 10.2. The Balaban J connectivity index is 2.31. The van der Waals surface area contributed by atoms with Gasteiger partial charge in [0.05, 0.1) is 25.6 Å². The molecule has 0 spiro atoms. The number of ether oxygens (including phenoxy) is 2. The zero-order valence-corrected chi connectivity index (χ0v) is 13.2. The second-order valence-corrected chi connectivity index (χ2v) is 4.71. The molecule has 2 rings (SSSR count). The highest BCUT2D eigenvalue weighted by Crippen LogP contribution is 2.28. The average Bonchev–Trinajstić information content (AvgIpc) is 2.78. The van der Waals surface area contributed by atoms with Crippen molar-refractivity contribution >= 4 is 11.9 Å². The molecule has 5 nitrogen and oxygen atoms in total. The molecular formula is C16H21N3O2. The van der Waals surface area contributed by atoms with Crippen LogP contribution in [0.5, 0.6) is 11.5 Å². The minimum Gasteiger partial charge on any atom is -0.493 e. The number of aliphatic imine (C=N–C) groups is 1. The van der Waals surface area contributed by atoms with Gasteiger partial charge in [-0.2, -0.15) is 5.10 Å². The van der Waals surface area contributed by atoms with Crippen molar-refractivity contribution in [3.05, 3.63) is 35.2 Å². The summed E-state index contributed by atoms with van der Waals surface area (Å²) in [4.78, 5) is 4.57. The lowest BCUT2D eigenvalue weighted by molar-refractivity contribution is 0.355. The van der Waals surface area contributed by atoms with Gasteiger partial charge in [0.1, 0.15) is 5.69 Å². The number of methoxy groups -OCH3 is 2. The molecule has 0 atom stereocenters. The van der Waals surface area contributed by atoms with Crippen LogP contribution in [0.2, 0.25) is 0 Å². The lowest BCUT2D eigenvalue weighted by Crippen LogP contribution is -1.98. The molecule has 0 N–H and O–H groups in total. The van der Waals surface area contributed by atoms with Crippen LogP contribution in [-0.2, 0) is 6.54 Å². The van der Waals surface area contributed by atoms with E-state index in [0.717, 1.165) is 29.2 Å². The third-order valence-electron chi connectivity index (χ3n) is 3.39. The van der Waals surface area contributed by atoms with Gasteiger partial charge in [0, 0.05) is 12.8 Å². The molecule has 112 valence electrons. The number of aromatic nitrogens is 2. The van der Waals surface area contributed by atoms with E-state index in [1.807, 2.05) is 42.9 Å². The molecular weight excluding hydrogens is 266 g/mol. The molecule has 0 saturated heterocycles. The van der Waals surface area contributed by atoms with E-state index in [2.05, 4.69) is 17.0 Å². The Morgan fingerprint density at radius 3 is 2.48 bits per heavy atom. The van der Waals surface area contributed by atoms with E-state index in [0.29, 0.717) is 11.5 Å². The van der Waals surface area contributed by atoms with Crippen molar-refractivity contribution < 1.29 is 9.47 Å². The zero-order chi connectivity index (χ0) is 15.4. The topological polar surface area (TPSA) is 48.6 Å². The molecule has 0 unspecified atom stereocenters. The third kappa shape index (κ3) is 3.07. The first-order valence-electron chi connectivity index (χ1n) is 6.90. The first kappa shape index (κ1) is 15.1.